The maximum absolute atomic E-state index is 9.16. The lowest BCUT2D eigenvalue weighted by Crippen LogP contribution is -1.97. The number of rotatable bonds is 8. The summed E-state index contributed by atoms with van der Waals surface area (Å²) in [6.45, 7) is 0.746. The Balaban J connectivity index is 1.51. The van der Waals surface area contributed by atoms with Crippen LogP contribution in [0.2, 0.25) is 0 Å². The van der Waals surface area contributed by atoms with E-state index < -0.39 is 0 Å². The maximum Gasteiger partial charge on any atom is 0.119 e. The minimum Gasteiger partial charge on any atom is -0.508 e. The first-order valence-electron chi connectivity index (χ1n) is 7.30. The summed E-state index contributed by atoms with van der Waals surface area (Å²) in [5.41, 5.74) is 1.42. The second-order valence-electron chi connectivity index (χ2n) is 4.99. The van der Waals surface area contributed by atoms with Crippen molar-refractivity contribution >= 4 is 0 Å². The van der Waals surface area contributed by atoms with Crippen molar-refractivity contribution in [1.29, 1.82) is 0 Å². The predicted octanol–water partition coefficient (Wildman–Crippen LogP) is 4.57. The average Bonchev–Trinajstić information content (AvgIpc) is 2.49. The van der Waals surface area contributed by atoms with Gasteiger partial charge in [0.2, 0.25) is 0 Å². The van der Waals surface area contributed by atoms with Gasteiger partial charge in [0.05, 0.1) is 6.61 Å². The van der Waals surface area contributed by atoms with Crippen LogP contribution in [0, 0.1) is 0 Å². The third-order valence-electron chi connectivity index (χ3n) is 3.31. The zero-order valence-electron chi connectivity index (χ0n) is 11.8. The highest BCUT2D eigenvalue weighted by Crippen LogP contribution is 2.16. The van der Waals surface area contributed by atoms with Gasteiger partial charge in [-0.15, -0.1) is 0 Å². The van der Waals surface area contributed by atoms with E-state index in [2.05, 4.69) is 30.3 Å². The second-order valence-corrected chi connectivity index (χ2v) is 4.99. The number of unbranched alkanes of at least 4 members (excludes halogenated alkanes) is 3. The lowest BCUT2D eigenvalue weighted by atomic mass is 10.1. The summed E-state index contributed by atoms with van der Waals surface area (Å²) in [5, 5.41) is 9.16. The van der Waals surface area contributed by atoms with Crippen LogP contribution < -0.4 is 4.74 Å². The van der Waals surface area contributed by atoms with E-state index >= 15 is 0 Å². The Morgan fingerprint density at radius 1 is 0.750 bits per heavy atom. The van der Waals surface area contributed by atoms with Crippen LogP contribution in [-0.4, -0.2) is 11.7 Å². The van der Waals surface area contributed by atoms with Crippen LogP contribution in [0.5, 0.6) is 11.5 Å². The smallest absolute Gasteiger partial charge is 0.119 e. The van der Waals surface area contributed by atoms with E-state index in [9.17, 15) is 0 Å². The van der Waals surface area contributed by atoms with Crippen molar-refractivity contribution in [3.8, 4) is 11.5 Å². The van der Waals surface area contributed by atoms with Crippen LogP contribution in [0.15, 0.2) is 54.6 Å². The molecule has 0 heterocycles. The third-order valence-corrected chi connectivity index (χ3v) is 3.31. The highest BCUT2D eigenvalue weighted by Gasteiger charge is 1.96. The van der Waals surface area contributed by atoms with Crippen LogP contribution in [0.3, 0.4) is 0 Å². The van der Waals surface area contributed by atoms with Crippen molar-refractivity contribution < 1.29 is 9.84 Å². The number of aromatic hydroxyl groups is 1. The summed E-state index contributed by atoms with van der Waals surface area (Å²) in [4.78, 5) is 0. The van der Waals surface area contributed by atoms with Gasteiger partial charge < -0.3 is 9.84 Å². The molecule has 0 spiro atoms. The standard InChI is InChI=1S/C18H22O2/c19-17-11-13-18(14-12-17)20-15-7-2-1-4-8-16-9-5-3-6-10-16/h3,5-6,9-14,19H,1-2,4,7-8,15H2. The van der Waals surface area contributed by atoms with Crippen LogP contribution in [0.1, 0.15) is 31.2 Å². The summed E-state index contributed by atoms with van der Waals surface area (Å²) >= 11 is 0. The Kier molecular flexibility index (Phi) is 5.97. The summed E-state index contributed by atoms with van der Waals surface area (Å²) < 4.78 is 5.61. The molecule has 0 saturated carbocycles. The lowest BCUT2D eigenvalue weighted by molar-refractivity contribution is 0.304. The Hall–Kier alpha value is -1.96. The van der Waals surface area contributed by atoms with Crippen molar-refractivity contribution in [2.24, 2.45) is 0 Å². The number of hydrogen-bond acceptors (Lipinski definition) is 2. The summed E-state index contributed by atoms with van der Waals surface area (Å²) in [6.07, 6.45) is 5.93. The number of ether oxygens (including phenoxy) is 1. The topological polar surface area (TPSA) is 29.5 Å². The number of aryl methyl sites for hydroxylation is 1. The van der Waals surface area contributed by atoms with Crippen molar-refractivity contribution in [1.82, 2.24) is 0 Å². The van der Waals surface area contributed by atoms with E-state index in [1.165, 1.54) is 31.2 Å². The molecule has 0 aliphatic carbocycles. The second kappa shape index (κ2) is 8.26. The molecule has 2 nitrogen and oxygen atoms in total. The van der Waals surface area contributed by atoms with E-state index in [0.29, 0.717) is 0 Å². The van der Waals surface area contributed by atoms with Crippen molar-refractivity contribution in [3.63, 3.8) is 0 Å². The molecule has 2 heteroatoms. The molecular weight excluding hydrogens is 248 g/mol. The van der Waals surface area contributed by atoms with Crippen LogP contribution in [0.25, 0.3) is 0 Å². The molecule has 106 valence electrons. The molecule has 0 aromatic heterocycles. The zero-order chi connectivity index (χ0) is 14.0. The van der Waals surface area contributed by atoms with Crippen molar-refractivity contribution in [2.75, 3.05) is 6.61 Å². The molecular formula is C18H22O2. The minimum atomic E-state index is 0.276. The first kappa shape index (κ1) is 14.4. The number of benzene rings is 2. The quantitative estimate of drug-likeness (QED) is 0.712. The number of phenolic OH excluding ortho intramolecular Hbond substituents is 1. The van der Waals surface area contributed by atoms with Crippen LogP contribution >= 0.6 is 0 Å². The fourth-order valence-corrected chi connectivity index (χ4v) is 2.16. The van der Waals surface area contributed by atoms with Crippen LogP contribution in [-0.2, 0) is 6.42 Å². The molecule has 0 aliphatic rings. The molecule has 2 aromatic rings. The van der Waals surface area contributed by atoms with Gasteiger partial charge >= 0.3 is 0 Å². The highest BCUT2D eigenvalue weighted by atomic mass is 16.5. The number of phenols is 1. The van der Waals surface area contributed by atoms with Gasteiger partial charge in [0.1, 0.15) is 11.5 Å². The van der Waals surface area contributed by atoms with Gasteiger partial charge in [-0.1, -0.05) is 43.2 Å². The first-order chi connectivity index (χ1) is 9.84. The first-order valence-corrected chi connectivity index (χ1v) is 7.30. The number of hydrogen-bond donors (Lipinski definition) is 1. The fraction of sp³-hybridized carbons (Fsp3) is 0.333. The molecule has 0 radical (unpaired) electrons. The van der Waals surface area contributed by atoms with E-state index in [0.717, 1.165) is 18.8 Å². The molecule has 0 saturated heterocycles. The summed E-state index contributed by atoms with van der Waals surface area (Å²) in [6, 6.07) is 17.5. The van der Waals surface area contributed by atoms with Crippen LogP contribution in [0.4, 0.5) is 0 Å². The van der Waals surface area contributed by atoms with Gasteiger partial charge in [-0.3, -0.25) is 0 Å². The van der Waals surface area contributed by atoms with Gasteiger partial charge in [0.25, 0.3) is 0 Å². The Bertz CT molecular complexity index is 477. The SMILES string of the molecule is Oc1ccc(OCCCCCCc2ccccc2)cc1. The Morgan fingerprint density at radius 3 is 2.20 bits per heavy atom. The van der Waals surface area contributed by atoms with E-state index in [1.54, 1.807) is 24.3 Å². The molecule has 2 rings (SSSR count). The van der Waals surface area contributed by atoms with Gasteiger partial charge in [0.15, 0.2) is 0 Å². The molecule has 0 amide bonds. The molecule has 0 unspecified atom stereocenters. The molecule has 0 fully saturated rings. The van der Waals surface area contributed by atoms with E-state index in [4.69, 9.17) is 9.84 Å². The predicted molar refractivity (Wildman–Crippen MR) is 82.2 cm³/mol. The molecule has 20 heavy (non-hydrogen) atoms. The summed E-state index contributed by atoms with van der Waals surface area (Å²) in [5.74, 6) is 1.10. The molecule has 0 aliphatic heterocycles. The Morgan fingerprint density at radius 2 is 1.45 bits per heavy atom. The van der Waals surface area contributed by atoms with Crippen molar-refractivity contribution in [3.05, 3.63) is 60.2 Å². The van der Waals surface area contributed by atoms with Gasteiger partial charge in [-0.2, -0.15) is 0 Å². The average molecular weight is 270 g/mol. The maximum atomic E-state index is 9.16. The van der Waals surface area contributed by atoms with Gasteiger partial charge in [0, 0.05) is 0 Å². The van der Waals surface area contributed by atoms with E-state index in [-0.39, 0.29) is 5.75 Å². The van der Waals surface area contributed by atoms with Gasteiger partial charge in [-0.25, -0.2) is 0 Å². The van der Waals surface area contributed by atoms with Gasteiger partial charge in [-0.05, 0) is 49.1 Å². The highest BCUT2D eigenvalue weighted by molar-refractivity contribution is 5.29. The fourth-order valence-electron chi connectivity index (χ4n) is 2.16. The normalized spacial score (nSPS) is 10.4. The molecule has 0 bridgehead atoms. The largest absolute Gasteiger partial charge is 0.508 e. The molecule has 1 N–H and O–H groups in total. The van der Waals surface area contributed by atoms with E-state index in [1.807, 2.05) is 0 Å². The minimum absolute atomic E-state index is 0.276. The summed E-state index contributed by atoms with van der Waals surface area (Å²) in [7, 11) is 0. The molecule has 2 aromatic carbocycles. The third kappa shape index (κ3) is 5.35. The lowest BCUT2D eigenvalue weighted by Gasteiger charge is -2.06. The van der Waals surface area contributed by atoms with Crippen molar-refractivity contribution in [2.45, 2.75) is 32.1 Å². The molecule has 0 atom stereocenters. The zero-order valence-corrected chi connectivity index (χ0v) is 11.8. The Labute approximate surface area is 121 Å². The monoisotopic (exact) mass is 270 g/mol.